The van der Waals surface area contributed by atoms with Crippen molar-refractivity contribution in [2.45, 2.75) is 36.6 Å². The fourth-order valence-electron chi connectivity index (χ4n) is 3.45. The summed E-state index contributed by atoms with van der Waals surface area (Å²) in [5, 5.41) is 8.65. The van der Waals surface area contributed by atoms with E-state index in [4.69, 9.17) is 4.98 Å². The highest BCUT2D eigenvalue weighted by Crippen LogP contribution is 2.33. The SMILES string of the molecule is O=c1[nH]c(CSc2n[nH]c(-c3ccccc3)n2)nc2sc3c(c12)CCCC3. The second-order valence-corrected chi connectivity index (χ2v) is 8.55. The van der Waals surface area contributed by atoms with Crippen molar-refractivity contribution in [2.75, 3.05) is 0 Å². The summed E-state index contributed by atoms with van der Waals surface area (Å²) in [4.78, 5) is 27.0. The molecule has 0 amide bonds. The number of rotatable bonds is 4. The van der Waals surface area contributed by atoms with E-state index < -0.39 is 0 Å². The zero-order valence-corrected chi connectivity index (χ0v) is 16.1. The molecule has 6 nitrogen and oxygen atoms in total. The van der Waals surface area contributed by atoms with E-state index in [1.165, 1.54) is 28.6 Å². The molecule has 3 aromatic heterocycles. The molecule has 4 aromatic rings. The summed E-state index contributed by atoms with van der Waals surface area (Å²) in [5.41, 5.74) is 2.19. The van der Waals surface area contributed by atoms with Crippen LogP contribution in [-0.4, -0.2) is 25.1 Å². The molecule has 27 heavy (non-hydrogen) atoms. The third kappa shape index (κ3) is 3.19. The summed E-state index contributed by atoms with van der Waals surface area (Å²) in [7, 11) is 0. The van der Waals surface area contributed by atoms with Gasteiger partial charge in [-0.3, -0.25) is 9.89 Å². The highest BCUT2D eigenvalue weighted by atomic mass is 32.2. The third-order valence-corrected chi connectivity index (χ3v) is 6.77. The number of benzene rings is 1. The smallest absolute Gasteiger partial charge is 0.259 e. The highest BCUT2D eigenvalue weighted by Gasteiger charge is 2.19. The van der Waals surface area contributed by atoms with Crippen LogP contribution in [0.1, 0.15) is 29.1 Å². The maximum atomic E-state index is 12.6. The largest absolute Gasteiger partial charge is 0.309 e. The summed E-state index contributed by atoms with van der Waals surface area (Å²) in [6.45, 7) is 0. The highest BCUT2D eigenvalue weighted by molar-refractivity contribution is 7.98. The molecule has 0 saturated heterocycles. The van der Waals surface area contributed by atoms with Crippen LogP contribution in [0.4, 0.5) is 0 Å². The maximum Gasteiger partial charge on any atom is 0.259 e. The van der Waals surface area contributed by atoms with Gasteiger partial charge in [0.05, 0.1) is 11.1 Å². The average molecular weight is 396 g/mol. The number of thioether (sulfide) groups is 1. The van der Waals surface area contributed by atoms with E-state index in [1.807, 2.05) is 30.3 Å². The number of aromatic nitrogens is 5. The number of hydrogen-bond donors (Lipinski definition) is 2. The first-order valence-electron chi connectivity index (χ1n) is 8.92. The standard InChI is InChI=1S/C19H17N5OS2/c25-17-15-12-8-4-5-9-13(12)27-18(15)21-14(20-17)10-26-19-22-16(23-24-19)11-6-2-1-3-7-11/h1-3,6-7H,4-5,8-10H2,(H,20,21,25)(H,22,23,24). The van der Waals surface area contributed by atoms with Gasteiger partial charge >= 0.3 is 0 Å². The van der Waals surface area contributed by atoms with Gasteiger partial charge in [0.15, 0.2) is 5.82 Å². The number of nitrogens with one attached hydrogen (secondary N) is 2. The van der Waals surface area contributed by atoms with Crippen molar-refractivity contribution in [3.05, 3.63) is 57.0 Å². The Hall–Kier alpha value is -2.45. The number of aromatic amines is 2. The second-order valence-electron chi connectivity index (χ2n) is 6.52. The molecule has 3 heterocycles. The first kappa shape index (κ1) is 16.7. The molecule has 1 aromatic carbocycles. The van der Waals surface area contributed by atoms with Gasteiger partial charge in [0.25, 0.3) is 5.56 Å². The lowest BCUT2D eigenvalue weighted by atomic mass is 9.97. The number of aryl methyl sites for hydroxylation is 2. The summed E-state index contributed by atoms with van der Waals surface area (Å²) in [5.74, 6) is 1.93. The monoisotopic (exact) mass is 395 g/mol. The quantitative estimate of drug-likeness (QED) is 0.511. The Labute approximate surface area is 163 Å². The van der Waals surface area contributed by atoms with Crippen LogP contribution in [0.15, 0.2) is 40.3 Å². The number of nitrogens with zero attached hydrogens (tertiary/aromatic N) is 3. The van der Waals surface area contributed by atoms with Crippen LogP contribution in [0, 0.1) is 0 Å². The minimum atomic E-state index is -0.0186. The minimum Gasteiger partial charge on any atom is -0.309 e. The van der Waals surface area contributed by atoms with Crippen molar-refractivity contribution in [3.8, 4) is 11.4 Å². The lowest BCUT2D eigenvalue weighted by Crippen LogP contribution is -2.12. The van der Waals surface area contributed by atoms with E-state index in [0.29, 0.717) is 16.7 Å². The Morgan fingerprint density at radius 1 is 1.11 bits per heavy atom. The predicted molar refractivity (Wildman–Crippen MR) is 108 cm³/mol. The molecule has 8 heteroatoms. The first-order valence-corrected chi connectivity index (χ1v) is 10.7. The Kier molecular flexibility index (Phi) is 4.29. The molecule has 0 radical (unpaired) electrons. The molecule has 0 saturated carbocycles. The van der Waals surface area contributed by atoms with Gasteiger partial charge in [0.1, 0.15) is 10.7 Å². The van der Waals surface area contributed by atoms with Gasteiger partial charge in [-0.15, -0.1) is 16.4 Å². The number of fused-ring (bicyclic) bond motifs is 3. The van der Waals surface area contributed by atoms with Gasteiger partial charge in [0.2, 0.25) is 5.16 Å². The fraction of sp³-hybridized carbons (Fsp3) is 0.263. The lowest BCUT2D eigenvalue weighted by Gasteiger charge is -2.09. The molecular formula is C19H17N5OS2. The Balaban J connectivity index is 1.38. The second kappa shape index (κ2) is 6.94. The van der Waals surface area contributed by atoms with Gasteiger partial charge in [-0.05, 0) is 31.2 Å². The Bertz CT molecular complexity index is 1160. The minimum absolute atomic E-state index is 0.0186. The van der Waals surface area contributed by atoms with Crippen molar-refractivity contribution in [1.29, 1.82) is 0 Å². The van der Waals surface area contributed by atoms with E-state index in [-0.39, 0.29) is 5.56 Å². The van der Waals surface area contributed by atoms with Gasteiger partial charge in [-0.1, -0.05) is 42.1 Å². The molecule has 1 aliphatic carbocycles. The van der Waals surface area contributed by atoms with Crippen molar-refractivity contribution >= 4 is 33.3 Å². The van der Waals surface area contributed by atoms with Crippen molar-refractivity contribution in [3.63, 3.8) is 0 Å². The van der Waals surface area contributed by atoms with E-state index in [1.54, 1.807) is 11.3 Å². The molecule has 0 unspecified atom stereocenters. The molecule has 0 spiro atoms. The lowest BCUT2D eigenvalue weighted by molar-refractivity contribution is 0.700. The Morgan fingerprint density at radius 2 is 1.96 bits per heavy atom. The van der Waals surface area contributed by atoms with Crippen LogP contribution in [0.3, 0.4) is 0 Å². The van der Waals surface area contributed by atoms with Crippen LogP contribution >= 0.6 is 23.1 Å². The summed E-state index contributed by atoms with van der Waals surface area (Å²) < 4.78 is 0. The molecule has 136 valence electrons. The molecular weight excluding hydrogens is 378 g/mol. The van der Waals surface area contributed by atoms with Crippen LogP contribution < -0.4 is 5.56 Å². The van der Waals surface area contributed by atoms with E-state index in [9.17, 15) is 4.79 Å². The number of hydrogen-bond acceptors (Lipinski definition) is 6. The molecule has 0 aliphatic heterocycles. The molecule has 0 atom stereocenters. The molecule has 2 N–H and O–H groups in total. The average Bonchev–Trinajstić information content (AvgIpc) is 3.31. The van der Waals surface area contributed by atoms with Crippen LogP contribution in [-0.2, 0) is 18.6 Å². The predicted octanol–water partition coefficient (Wildman–Crippen LogP) is 3.94. The molecule has 0 bridgehead atoms. The van der Waals surface area contributed by atoms with Gasteiger partial charge in [-0.2, -0.15) is 0 Å². The van der Waals surface area contributed by atoms with Crippen molar-refractivity contribution in [1.82, 2.24) is 25.1 Å². The fourth-order valence-corrected chi connectivity index (χ4v) is 5.40. The van der Waals surface area contributed by atoms with E-state index in [0.717, 1.165) is 40.9 Å². The maximum absolute atomic E-state index is 12.6. The Morgan fingerprint density at radius 3 is 2.85 bits per heavy atom. The van der Waals surface area contributed by atoms with Gasteiger partial charge in [0, 0.05) is 10.4 Å². The molecule has 1 aliphatic rings. The summed E-state index contributed by atoms with van der Waals surface area (Å²) in [6.07, 6.45) is 4.42. The third-order valence-electron chi connectivity index (χ3n) is 4.72. The van der Waals surface area contributed by atoms with E-state index in [2.05, 4.69) is 20.2 Å². The van der Waals surface area contributed by atoms with Crippen LogP contribution in [0.5, 0.6) is 0 Å². The topological polar surface area (TPSA) is 87.3 Å². The summed E-state index contributed by atoms with van der Waals surface area (Å²) >= 11 is 3.13. The van der Waals surface area contributed by atoms with Gasteiger partial charge in [-0.25, -0.2) is 9.97 Å². The first-order chi connectivity index (χ1) is 13.3. The van der Waals surface area contributed by atoms with E-state index >= 15 is 0 Å². The zero-order valence-electron chi connectivity index (χ0n) is 14.5. The van der Waals surface area contributed by atoms with Crippen molar-refractivity contribution < 1.29 is 0 Å². The zero-order chi connectivity index (χ0) is 18.2. The number of H-pyrrole nitrogens is 2. The van der Waals surface area contributed by atoms with Crippen LogP contribution in [0.2, 0.25) is 0 Å². The van der Waals surface area contributed by atoms with Crippen molar-refractivity contribution in [2.24, 2.45) is 0 Å². The van der Waals surface area contributed by atoms with Crippen LogP contribution in [0.25, 0.3) is 21.6 Å². The number of thiophene rings is 1. The molecule has 5 rings (SSSR count). The normalized spacial score (nSPS) is 13.8. The van der Waals surface area contributed by atoms with Gasteiger partial charge < -0.3 is 4.98 Å². The molecule has 0 fully saturated rings. The summed E-state index contributed by atoms with van der Waals surface area (Å²) in [6, 6.07) is 9.88.